The van der Waals surface area contributed by atoms with Gasteiger partial charge in [0.1, 0.15) is 0 Å². The summed E-state index contributed by atoms with van der Waals surface area (Å²) in [6.07, 6.45) is 0. The number of hydrogen-bond acceptors (Lipinski definition) is 5. The molecule has 2 aromatic heterocycles. The summed E-state index contributed by atoms with van der Waals surface area (Å²) >= 11 is 0. The molecule has 1 aromatic carbocycles. The molecule has 0 bridgehead atoms. The molecule has 0 atom stereocenters. The normalized spacial score (nSPS) is 15.0. The van der Waals surface area contributed by atoms with Gasteiger partial charge in [0, 0.05) is 37.2 Å². The second-order valence-corrected chi connectivity index (χ2v) is 7.91. The number of likely N-dealkylation sites (tertiary alicyclic amines) is 1. The van der Waals surface area contributed by atoms with Crippen LogP contribution < -0.4 is 10.6 Å². The number of carbonyl (C=O) groups is 1. The number of carbonyl (C=O) groups excluding carboxylic acids is 1. The van der Waals surface area contributed by atoms with Crippen molar-refractivity contribution in [3.8, 4) is 11.3 Å². The van der Waals surface area contributed by atoms with Gasteiger partial charge >= 0.3 is 0 Å². The van der Waals surface area contributed by atoms with Gasteiger partial charge in [-0.05, 0) is 24.2 Å². The lowest BCUT2D eigenvalue weighted by molar-refractivity contribution is -0.118. The Labute approximate surface area is 171 Å². The molecule has 7 heteroatoms. The van der Waals surface area contributed by atoms with Crippen LogP contribution in [0.5, 0.6) is 0 Å². The van der Waals surface area contributed by atoms with Crippen LogP contribution in [0.3, 0.4) is 0 Å². The second kappa shape index (κ2) is 8.31. The first-order chi connectivity index (χ1) is 14.0. The largest absolute Gasteiger partial charge is 0.312 e. The SMILES string of the molecule is CCNC1CN(Cc2ccc(-c3cccc4nc(NC(=O)C(C)C)nn34)cc2)C1. The number of amides is 1. The molecular formula is C22H28N6O. The molecule has 4 rings (SSSR count). The first-order valence-corrected chi connectivity index (χ1v) is 10.2. The standard InChI is InChI=1S/C22H28N6O/c1-4-23-18-13-27(14-18)12-16-8-10-17(11-9-16)19-6-5-7-20-24-22(26-28(19)20)25-21(29)15(2)3/h5-11,15,18,23H,4,12-14H2,1-3H3,(H,25,26,29). The highest BCUT2D eigenvalue weighted by Gasteiger charge is 2.25. The second-order valence-electron chi connectivity index (χ2n) is 7.91. The van der Waals surface area contributed by atoms with E-state index in [1.807, 2.05) is 32.0 Å². The van der Waals surface area contributed by atoms with Gasteiger partial charge in [0.2, 0.25) is 11.9 Å². The quantitative estimate of drug-likeness (QED) is 0.647. The lowest BCUT2D eigenvalue weighted by atomic mass is 10.0. The summed E-state index contributed by atoms with van der Waals surface area (Å²) in [5.41, 5.74) is 4.03. The number of benzene rings is 1. The smallest absolute Gasteiger partial charge is 0.249 e. The summed E-state index contributed by atoms with van der Waals surface area (Å²) in [5.74, 6) is 0.128. The van der Waals surface area contributed by atoms with Crippen LogP contribution in [-0.4, -0.2) is 51.1 Å². The zero-order valence-corrected chi connectivity index (χ0v) is 17.2. The van der Waals surface area contributed by atoms with E-state index in [1.54, 1.807) is 4.52 Å². The first-order valence-electron chi connectivity index (χ1n) is 10.2. The van der Waals surface area contributed by atoms with Gasteiger partial charge in [-0.1, -0.05) is 51.1 Å². The number of nitrogens with zero attached hydrogens (tertiary/aromatic N) is 4. The third-order valence-corrected chi connectivity index (χ3v) is 5.22. The maximum Gasteiger partial charge on any atom is 0.249 e. The van der Waals surface area contributed by atoms with Crippen molar-refractivity contribution in [1.29, 1.82) is 0 Å². The molecule has 0 radical (unpaired) electrons. The number of nitrogens with one attached hydrogen (secondary N) is 2. The van der Waals surface area contributed by atoms with E-state index in [-0.39, 0.29) is 11.8 Å². The summed E-state index contributed by atoms with van der Waals surface area (Å²) in [7, 11) is 0. The van der Waals surface area contributed by atoms with Gasteiger partial charge in [-0.15, -0.1) is 5.10 Å². The molecule has 1 amide bonds. The first kappa shape index (κ1) is 19.5. The third-order valence-electron chi connectivity index (χ3n) is 5.22. The van der Waals surface area contributed by atoms with Crippen molar-refractivity contribution in [1.82, 2.24) is 24.8 Å². The van der Waals surface area contributed by atoms with E-state index in [2.05, 4.69) is 56.8 Å². The molecule has 1 aliphatic heterocycles. The zero-order chi connectivity index (χ0) is 20.4. The molecular weight excluding hydrogens is 364 g/mol. The lowest BCUT2D eigenvalue weighted by Crippen LogP contribution is -2.57. The van der Waals surface area contributed by atoms with E-state index in [1.165, 1.54) is 5.56 Å². The van der Waals surface area contributed by atoms with Gasteiger partial charge in [-0.2, -0.15) is 4.98 Å². The Morgan fingerprint density at radius 1 is 1.17 bits per heavy atom. The van der Waals surface area contributed by atoms with Crippen LogP contribution in [-0.2, 0) is 11.3 Å². The fourth-order valence-electron chi connectivity index (χ4n) is 3.59. The van der Waals surface area contributed by atoms with E-state index in [0.29, 0.717) is 17.6 Å². The van der Waals surface area contributed by atoms with E-state index in [0.717, 1.165) is 37.4 Å². The fourth-order valence-corrected chi connectivity index (χ4v) is 3.59. The number of fused-ring (bicyclic) bond motifs is 1. The molecule has 1 saturated heterocycles. The predicted octanol–water partition coefficient (Wildman–Crippen LogP) is 2.78. The molecule has 152 valence electrons. The van der Waals surface area contributed by atoms with Gasteiger partial charge in [0.15, 0.2) is 5.65 Å². The molecule has 3 aromatic rings. The summed E-state index contributed by atoms with van der Waals surface area (Å²) in [6, 6.07) is 15.1. The molecule has 1 fully saturated rings. The number of pyridine rings is 1. The van der Waals surface area contributed by atoms with Crippen LogP contribution in [0.4, 0.5) is 5.95 Å². The Bertz CT molecular complexity index is 988. The molecule has 0 unspecified atom stereocenters. The highest BCUT2D eigenvalue weighted by Crippen LogP contribution is 2.23. The Hall–Kier alpha value is -2.77. The monoisotopic (exact) mass is 392 g/mol. The molecule has 2 N–H and O–H groups in total. The maximum atomic E-state index is 11.9. The Morgan fingerprint density at radius 2 is 1.93 bits per heavy atom. The summed E-state index contributed by atoms with van der Waals surface area (Å²) in [4.78, 5) is 18.8. The van der Waals surface area contributed by atoms with Gasteiger partial charge in [0.25, 0.3) is 0 Å². The fraction of sp³-hybridized carbons (Fsp3) is 0.409. The molecule has 1 aliphatic rings. The van der Waals surface area contributed by atoms with Crippen molar-refractivity contribution >= 4 is 17.5 Å². The molecule has 3 heterocycles. The number of likely N-dealkylation sites (N-methyl/N-ethyl adjacent to an activating group) is 1. The molecule has 29 heavy (non-hydrogen) atoms. The molecule has 0 spiro atoms. The van der Waals surface area contributed by atoms with Crippen LogP contribution in [0.2, 0.25) is 0 Å². The van der Waals surface area contributed by atoms with E-state index in [9.17, 15) is 4.79 Å². The Kier molecular flexibility index (Phi) is 5.60. The van der Waals surface area contributed by atoms with Crippen molar-refractivity contribution in [3.05, 3.63) is 48.0 Å². The van der Waals surface area contributed by atoms with Crippen LogP contribution in [0.15, 0.2) is 42.5 Å². The van der Waals surface area contributed by atoms with E-state index < -0.39 is 0 Å². The highest BCUT2D eigenvalue weighted by molar-refractivity contribution is 5.90. The van der Waals surface area contributed by atoms with Gasteiger partial charge in [-0.25, -0.2) is 4.52 Å². The van der Waals surface area contributed by atoms with Gasteiger partial charge < -0.3 is 5.32 Å². The lowest BCUT2D eigenvalue weighted by Gasteiger charge is -2.39. The number of aromatic nitrogens is 3. The van der Waals surface area contributed by atoms with Crippen molar-refractivity contribution in [2.45, 2.75) is 33.4 Å². The summed E-state index contributed by atoms with van der Waals surface area (Å²) in [5, 5.41) is 10.7. The topological polar surface area (TPSA) is 74.6 Å². The van der Waals surface area contributed by atoms with Crippen molar-refractivity contribution in [3.63, 3.8) is 0 Å². The van der Waals surface area contributed by atoms with Crippen LogP contribution in [0.25, 0.3) is 16.9 Å². The van der Waals surface area contributed by atoms with Crippen molar-refractivity contribution in [2.75, 3.05) is 25.0 Å². The van der Waals surface area contributed by atoms with E-state index in [4.69, 9.17) is 0 Å². The van der Waals surface area contributed by atoms with Crippen molar-refractivity contribution < 1.29 is 4.79 Å². The summed E-state index contributed by atoms with van der Waals surface area (Å²) in [6.45, 7) is 10.1. The molecule has 0 aliphatic carbocycles. The Balaban J connectivity index is 1.49. The molecule has 7 nitrogen and oxygen atoms in total. The Morgan fingerprint density at radius 3 is 2.62 bits per heavy atom. The third kappa shape index (κ3) is 4.31. The molecule has 0 saturated carbocycles. The average Bonchev–Trinajstić information content (AvgIpc) is 3.09. The van der Waals surface area contributed by atoms with E-state index >= 15 is 0 Å². The minimum atomic E-state index is -0.118. The number of hydrogen-bond donors (Lipinski definition) is 2. The van der Waals surface area contributed by atoms with Gasteiger partial charge in [0.05, 0.1) is 5.69 Å². The van der Waals surface area contributed by atoms with Crippen LogP contribution in [0, 0.1) is 5.92 Å². The van der Waals surface area contributed by atoms with Crippen LogP contribution >= 0.6 is 0 Å². The summed E-state index contributed by atoms with van der Waals surface area (Å²) < 4.78 is 1.78. The van der Waals surface area contributed by atoms with Crippen LogP contribution in [0.1, 0.15) is 26.3 Å². The highest BCUT2D eigenvalue weighted by atomic mass is 16.2. The number of anilines is 1. The number of rotatable bonds is 7. The minimum absolute atomic E-state index is 0.0887. The van der Waals surface area contributed by atoms with Crippen molar-refractivity contribution in [2.24, 2.45) is 5.92 Å². The minimum Gasteiger partial charge on any atom is -0.312 e. The predicted molar refractivity (Wildman–Crippen MR) is 115 cm³/mol. The average molecular weight is 393 g/mol. The zero-order valence-electron chi connectivity index (χ0n) is 17.2. The maximum absolute atomic E-state index is 11.9. The van der Waals surface area contributed by atoms with Gasteiger partial charge in [-0.3, -0.25) is 15.0 Å².